The van der Waals surface area contributed by atoms with Gasteiger partial charge in [0.25, 0.3) is 5.56 Å². The summed E-state index contributed by atoms with van der Waals surface area (Å²) in [6.07, 6.45) is 0. The molecule has 0 aliphatic heterocycles. The van der Waals surface area contributed by atoms with Crippen LogP contribution in [0.5, 0.6) is 0 Å². The minimum Gasteiger partial charge on any atom is -0.355 e. The van der Waals surface area contributed by atoms with E-state index < -0.39 is 11.9 Å². The summed E-state index contributed by atoms with van der Waals surface area (Å²) in [7, 11) is 0. The van der Waals surface area contributed by atoms with Crippen molar-refractivity contribution in [3.63, 3.8) is 0 Å². The third-order valence-corrected chi connectivity index (χ3v) is 3.47. The highest BCUT2D eigenvalue weighted by Crippen LogP contribution is 2.11. The fourth-order valence-electron chi connectivity index (χ4n) is 2.33. The number of aromatic nitrogens is 2. The molecule has 1 aromatic carbocycles. The summed E-state index contributed by atoms with van der Waals surface area (Å²) in [5, 5.41) is 10.6. The first-order valence-electron chi connectivity index (χ1n) is 7.47. The number of aryl methyl sites for hydroxylation is 1. The quantitative estimate of drug-likeness (QED) is 0.832. The Morgan fingerprint density at radius 3 is 2.57 bits per heavy atom. The van der Waals surface area contributed by atoms with Gasteiger partial charge in [-0.3, -0.25) is 14.4 Å². The molecule has 0 aliphatic rings. The van der Waals surface area contributed by atoms with Gasteiger partial charge >= 0.3 is 0 Å². The van der Waals surface area contributed by atoms with Gasteiger partial charge in [-0.05, 0) is 26.8 Å². The summed E-state index contributed by atoms with van der Waals surface area (Å²) < 4.78 is 1.12. The summed E-state index contributed by atoms with van der Waals surface area (Å²) in [6, 6.07) is 6.46. The standard InChI is InChI=1S/C16H20N4O3/c1-4-17-15(22)11(3)18-14(21)9-20-16(23)13-8-6-5-7-12(13)10(2)19-20/h5-8,11H,4,9H2,1-3H3,(H,17,22)(H,18,21)/t11-/m0/s1. The largest absolute Gasteiger partial charge is 0.355 e. The van der Waals surface area contributed by atoms with Crippen molar-refractivity contribution in [3.8, 4) is 0 Å². The maximum atomic E-state index is 12.4. The monoisotopic (exact) mass is 316 g/mol. The fourth-order valence-corrected chi connectivity index (χ4v) is 2.33. The zero-order chi connectivity index (χ0) is 17.0. The minimum absolute atomic E-state index is 0.228. The molecule has 1 aromatic heterocycles. The van der Waals surface area contributed by atoms with Gasteiger partial charge in [0.15, 0.2) is 0 Å². The number of hydrogen-bond acceptors (Lipinski definition) is 4. The van der Waals surface area contributed by atoms with Crippen LogP contribution in [0.4, 0.5) is 0 Å². The number of benzene rings is 1. The van der Waals surface area contributed by atoms with Gasteiger partial charge in [0.1, 0.15) is 12.6 Å². The van der Waals surface area contributed by atoms with Crippen LogP contribution in [0.25, 0.3) is 10.8 Å². The molecule has 0 unspecified atom stereocenters. The van der Waals surface area contributed by atoms with Crippen molar-refractivity contribution < 1.29 is 9.59 Å². The minimum atomic E-state index is -0.667. The lowest BCUT2D eigenvalue weighted by Gasteiger charge is -2.14. The number of rotatable bonds is 5. The molecule has 0 saturated heterocycles. The Labute approximate surface area is 133 Å². The normalized spacial score (nSPS) is 12.0. The van der Waals surface area contributed by atoms with Crippen molar-refractivity contribution in [1.29, 1.82) is 0 Å². The molecule has 2 amide bonds. The van der Waals surface area contributed by atoms with Crippen LogP contribution in [0, 0.1) is 6.92 Å². The Bertz CT molecular complexity index is 798. The molecule has 1 heterocycles. The average molecular weight is 316 g/mol. The molecule has 2 N–H and O–H groups in total. The number of likely N-dealkylation sites (N-methyl/N-ethyl adjacent to an activating group) is 1. The molecule has 23 heavy (non-hydrogen) atoms. The predicted octanol–water partition coefficient (Wildman–Crippen LogP) is 0.346. The van der Waals surface area contributed by atoms with Crippen molar-refractivity contribution in [2.45, 2.75) is 33.4 Å². The van der Waals surface area contributed by atoms with Crippen molar-refractivity contribution in [1.82, 2.24) is 20.4 Å². The fraction of sp³-hybridized carbons (Fsp3) is 0.375. The van der Waals surface area contributed by atoms with Crippen molar-refractivity contribution in [2.75, 3.05) is 6.54 Å². The van der Waals surface area contributed by atoms with Crippen LogP contribution < -0.4 is 16.2 Å². The van der Waals surface area contributed by atoms with E-state index in [0.29, 0.717) is 17.6 Å². The number of hydrogen-bond donors (Lipinski definition) is 2. The number of nitrogens with one attached hydrogen (secondary N) is 2. The molecule has 122 valence electrons. The van der Waals surface area contributed by atoms with Crippen molar-refractivity contribution in [2.24, 2.45) is 0 Å². The van der Waals surface area contributed by atoms with Gasteiger partial charge in [-0.2, -0.15) is 5.10 Å². The number of amides is 2. The molecular weight excluding hydrogens is 296 g/mol. The molecule has 1 atom stereocenters. The van der Waals surface area contributed by atoms with Crippen molar-refractivity contribution in [3.05, 3.63) is 40.3 Å². The van der Waals surface area contributed by atoms with Gasteiger partial charge < -0.3 is 10.6 Å². The Morgan fingerprint density at radius 2 is 1.91 bits per heavy atom. The summed E-state index contributed by atoms with van der Waals surface area (Å²) >= 11 is 0. The molecule has 0 fully saturated rings. The molecule has 7 nitrogen and oxygen atoms in total. The highest BCUT2D eigenvalue weighted by atomic mass is 16.2. The van der Waals surface area contributed by atoms with Gasteiger partial charge in [-0.1, -0.05) is 18.2 Å². The number of nitrogens with zero attached hydrogens (tertiary/aromatic N) is 2. The second-order valence-corrected chi connectivity index (χ2v) is 5.28. The molecule has 2 aromatic rings. The van der Waals surface area contributed by atoms with E-state index in [-0.39, 0.29) is 18.0 Å². The second kappa shape index (κ2) is 7.04. The van der Waals surface area contributed by atoms with Gasteiger partial charge in [0.2, 0.25) is 11.8 Å². The summed E-state index contributed by atoms with van der Waals surface area (Å²) in [5.74, 6) is -0.705. The number of carbonyl (C=O) groups excluding carboxylic acids is 2. The van der Waals surface area contributed by atoms with Crippen LogP contribution in [0.3, 0.4) is 0 Å². The third-order valence-electron chi connectivity index (χ3n) is 3.47. The van der Waals surface area contributed by atoms with Gasteiger partial charge in [0.05, 0.1) is 11.1 Å². The number of fused-ring (bicyclic) bond motifs is 1. The highest BCUT2D eigenvalue weighted by molar-refractivity contribution is 5.87. The Morgan fingerprint density at radius 1 is 1.26 bits per heavy atom. The first-order chi connectivity index (χ1) is 10.9. The van der Waals surface area contributed by atoms with Crippen LogP contribution >= 0.6 is 0 Å². The van der Waals surface area contributed by atoms with Crippen LogP contribution in [-0.4, -0.2) is 34.2 Å². The molecule has 0 saturated carbocycles. The first kappa shape index (κ1) is 16.7. The first-order valence-corrected chi connectivity index (χ1v) is 7.47. The summed E-state index contributed by atoms with van der Waals surface area (Å²) in [4.78, 5) is 36.0. The van der Waals surface area contributed by atoms with E-state index in [1.807, 2.05) is 12.1 Å². The Balaban J connectivity index is 2.19. The van der Waals surface area contributed by atoms with Crippen LogP contribution in [0.15, 0.2) is 29.1 Å². The molecule has 0 aliphatic carbocycles. The zero-order valence-corrected chi connectivity index (χ0v) is 13.4. The van der Waals surface area contributed by atoms with E-state index in [4.69, 9.17) is 0 Å². The average Bonchev–Trinajstić information content (AvgIpc) is 2.52. The van der Waals surface area contributed by atoms with Crippen LogP contribution in [0.2, 0.25) is 0 Å². The maximum Gasteiger partial charge on any atom is 0.275 e. The lowest BCUT2D eigenvalue weighted by Crippen LogP contribution is -2.46. The molecule has 0 bridgehead atoms. The van der Waals surface area contributed by atoms with Crippen LogP contribution in [-0.2, 0) is 16.1 Å². The summed E-state index contributed by atoms with van der Waals surface area (Å²) in [6.45, 7) is 5.43. The Kier molecular flexibility index (Phi) is 5.10. The highest BCUT2D eigenvalue weighted by Gasteiger charge is 2.16. The summed E-state index contributed by atoms with van der Waals surface area (Å²) in [5.41, 5.74) is 0.344. The zero-order valence-electron chi connectivity index (χ0n) is 13.4. The van der Waals surface area contributed by atoms with E-state index in [2.05, 4.69) is 15.7 Å². The molecular formula is C16H20N4O3. The van der Waals surface area contributed by atoms with Gasteiger partial charge in [0, 0.05) is 11.9 Å². The Hall–Kier alpha value is -2.70. The third kappa shape index (κ3) is 3.74. The lowest BCUT2D eigenvalue weighted by atomic mass is 10.1. The number of carbonyl (C=O) groups is 2. The molecule has 7 heteroatoms. The van der Waals surface area contributed by atoms with Gasteiger partial charge in [-0.25, -0.2) is 4.68 Å². The van der Waals surface area contributed by atoms with Crippen LogP contribution in [0.1, 0.15) is 19.5 Å². The second-order valence-electron chi connectivity index (χ2n) is 5.28. The molecule has 2 rings (SSSR count). The molecule has 0 spiro atoms. The molecule has 0 radical (unpaired) electrons. The van der Waals surface area contributed by atoms with E-state index in [1.165, 1.54) is 0 Å². The predicted molar refractivity (Wildman–Crippen MR) is 87.0 cm³/mol. The van der Waals surface area contributed by atoms with E-state index in [9.17, 15) is 14.4 Å². The van der Waals surface area contributed by atoms with E-state index >= 15 is 0 Å². The van der Waals surface area contributed by atoms with E-state index in [1.54, 1.807) is 32.9 Å². The van der Waals surface area contributed by atoms with Crippen molar-refractivity contribution >= 4 is 22.6 Å². The maximum absolute atomic E-state index is 12.4. The van der Waals surface area contributed by atoms with E-state index in [0.717, 1.165) is 10.1 Å². The lowest BCUT2D eigenvalue weighted by molar-refractivity contribution is -0.128. The van der Waals surface area contributed by atoms with Gasteiger partial charge in [-0.15, -0.1) is 0 Å². The topological polar surface area (TPSA) is 93.1 Å². The SMILES string of the molecule is CCNC(=O)[C@H](C)NC(=O)Cn1nc(C)c2ccccc2c1=O. The smallest absolute Gasteiger partial charge is 0.275 e.